The fourth-order valence-electron chi connectivity index (χ4n) is 1.49. The van der Waals surface area contributed by atoms with E-state index in [9.17, 15) is 4.79 Å². The van der Waals surface area contributed by atoms with Gasteiger partial charge in [0.25, 0.3) is 0 Å². The van der Waals surface area contributed by atoms with Crippen LogP contribution in [0.15, 0.2) is 10.9 Å². The summed E-state index contributed by atoms with van der Waals surface area (Å²) in [6.45, 7) is 8.25. The first kappa shape index (κ1) is 14.1. The second-order valence-corrected chi connectivity index (χ2v) is 7.10. The van der Waals surface area contributed by atoms with Crippen molar-refractivity contribution in [2.24, 2.45) is 0 Å². The molecule has 0 saturated carbocycles. The van der Waals surface area contributed by atoms with Crippen LogP contribution in [0, 0.1) is 6.92 Å². The van der Waals surface area contributed by atoms with E-state index in [-0.39, 0.29) is 11.3 Å². The highest BCUT2D eigenvalue weighted by atomic mass is 32.1. The number of rotatable bonds is 3. The van der Waals surface area contributed by atoms with Crippen molar-refractivity contribution in [3.05, 3.63) is 27.3 Å². The van der Waals surface area contributed by atoms with Crippen molar-refractivity contribution < 1.29 is 4.79 Å². The summed E-state index contributed by atoms with van der Waals surface area (Å²) in [5.74, 6) is -0.0434. The smallest absolute Gasteiger partial charge is 0.231 e. The van der Waals surface area contributed by atoms with Crippen molar-refractivity contribution in [1.29, 1.82) is 0 Å². The number of nitrogens with zero attached hydrogens (tertiary/aromatic N) is 2. The van der Waals surface area contributed by atoms with Crippen molar-refractivity contribution in [2.75, 3.05) is 5.32 Å². The molecule has 2 rings (SSSR count). The predicted molar refractivity (Wildman–Crippen MR) is 80.0 cm³/mol. The Labute approximate surface area is 120 Å². The Morgan fingerprint density at radius 2 is 2.11 bits per heavy atom. The Morgan fingerprint density at radius 3 is 2.63 bits per heavy atom. The molecule has 2 aromatic heterocycles. The topological polar surface area (TPSA) is 54.9 Å². The molecule has 0 atom stereocenters. The first-order valence-electron chi connectivity index (χ1n) is 6.01. The SMILES string of the molecule is Cc1ncsc1NC(=O)Cc1csc(C(C)(C)C)n1. The van der Waals surface area contributed by atoms with Crippen molar-refractivity contribution in [2.45, 2.75) is 39.5 Å². The van der Waals surface area contributed by atoms with Crippen LogP contribution in [0.1, 0.15) is 37.2 Å². The molecule has 0 unspecified atom stereocenters. The van der Waals surface area contributed by atoms with Crippen molar-refractivity contribution >= 4 is 33.6 Å². The average Bonchev–Trinajstić information content (AvgIpc) is 2.88. The van der Waals surface area contributed by atoms with Crippen LogP contribution in [-0.4, -0.2) is 15.9 Å². The Balaban J connectivity index is 2.00. The predicted octanol–water partition coefficient (Wildman–Crippen LogP) is 3.39. The van der Waals surface area contributed by atoms with Gasteiger partial charge in [-0.05, 0) is 6.92 Å². The summed E-state index contributed by atoms with van der Waals surface area (Å²) in [5.41, 5.74) is 3.45. The lowest BCUT2D eigenvalue weighted by molar-refractivity contribution is -0.115. The summed E-state index contributed by atoms with van der Waals surface area (Å²) < 4.78 is 0. The molecule has 1 amide bonds. The monoisotopic (exact) mass is 295 g/mol. The third-order valence-corrected chi connectivity index (χ3v) is 4.69. The molecule has 6 heteroatoms. The number of aromatic nitrogens is 2. The van der Waals surface area contributed by atoms with Crippen molar-refractivity contribution in [3.8, 4) is 0 Å². The van der Waals surface area contributed by atoms with E-state index in [0.717, 1.165) is 21.4 Å². The molecular formula is C13H17N3OS2. The quantitative estimate of drug-likeness (QED) is 0.944. The molecule has 1 N–H and O–H groups in total. The van der Waals surface area contributed by atoms with E-state index in [0.29, 0.717) is 6.42 Å². The van der Waals surface area contributed by atoms with Crippen LogP contribution < -0.4 is 5.32 Å². The van der Waals surface area contributed by atoms with E-state index in [4.69, 9.17) is 0 Å². The fourth-order valence-corrected chi connectivity index (χ4v) is 3.11. The molecule has 102 valence electrons. The minimum absolute atomic E-state index is 0.0354. The molecule has 0 aliphatic heterocycles. The summed E-state index contributed by atoms with van der Waals surface area (Å²) in [6, 6.07) is 0. The number of aryl methyl sites for hydroxylation is 1. The number of carbonyl (C=O) groups excluding carboxylic acids is 1. The van der Waals surface area contributed by atoms with Crippen LogP contribution in [0.4, 0.5) is 5.00 Å². The van der Waals surface area contributed by atoms with Gasteiger partial charge in [0, 0.05) is 10.8 Å². The number of thiazole rings is 2. The van der Waals surface area contributed by atoms with Gasteiger partial charge in [0.1, 0.15) is 5.00 Å². The number of amides is 1. The maximum atomic E-state index is 11.9. The van der Waals surface area contributed by atoms with Gasteiger partial charge in [0.15, 0.2) is 0 Å². The molecule has 0 aliphatic rings. The van der Waals surface area contributed by atoms with Crippen LogP contribution in [0.5, 0.6) is 0 Å². The molecule has 0 spiro atoms. The number of hydrogen-bond donors (Lipinski definition) is 1. The summed E-state index contributed by atoms with van der Waals surface area (Å²) in [7, 11) is 0. The highest BCUT2D eigenvalue weighted by Gasteiger charge is 2.19. The Bertz CT molecular complexity index is 581. The maximum Gasteiger partial charge on any atom is 0.231 e. The second-order valence-electron chi connectivity index (χ2n) is 5.39. The minimum atomic E-state index is -0.0434. The standard InChI is InChI=1S/C13H17N3OS2/c1-8-11(19-7-14-8)16-10(17)5-9-6-18-12(15-9)13(2,3)4/h6-7H,5H2,1-4H3,(H,16,17). The molecule has 0 radical (unpaired) electrons. The molecule has 4 nitrogen and oxygen atoms in total. The van der Waals surface area contributed by atoms with Gasteiger partial charge in [0.2, 0.25) is 5.91 Å². The molecule has 0 aromatic carbocycles. The van der Waals surface area contributed by atoms with Crippen LogP contribution in [0.2, 0.25) is 0 Å². The molecule has 0 saturated heterocycles. The minimum Gasteiger partial charge on any atom is -0.316 e. The molecule has 0 aliphatic carbocycles. The van der Waals surface area contributed by atoms with Gasteiger partial charge in [-0.3, -0.25) is 4.79 Å². The van der Waals surface area contributed by atoms with Gasteiger partial charge in [-0.25, -0.2) is 9.97 Å². The van der Waals surface area contributed by atoms with Crippen LogP contribution in [0.3, 0.4) is 0 Å². The van der Waals surface area contributed by atoms with Gasteiger partial charge in [0.05, 0.1) is 28.3 Å². The van der Waals surface area contributed by atoms with E-state index in [1.807, 2.05) is 12.3 Å². The Kier molecular flexibility index (Phi) is 4.01. The largest absolute Gasteiger partial charge is 0.316 e. The molecule has 0 fully saturated rings. The normalized spacial score (nSPS) is 11.6. The number of nitrogens with one attached hydrogen (secondary N) is 1. The van der Waals surface area contributed by atoms with E-state index < -0.39 is 0 Å². The van der Waals surface area contributed by atoms with E-state index in [1.165, 1.54) is 11.3 Å². The number of anilines is 1. The summed E-state index contributed by atoms with van der Waals surface area (Å²) in [5, 5.41) is 6.70. The molecule has 2 aromatic rings. The summed E-state index contributed by atoms with van der Waals surface area (Å²) >= 11 is 3.05. The average molecular weight is 295 g/mol. The first-order valence-corrected chi connectivity index (χ1v) is 7.77. The van der Waals surface area contributed by atoms with Crippen molar-refractivity contribution in [3.63, 3.8) is 0 Å². The number of hydrogen-bond acceptors (Lipinski definition) is 5. The third kappa shape index (κ3) is 3.61. The lowest BCUT2D eigenvalue weighted by atomic mass is 9.98. The lowest BCUT2D eigenvalue weighted by Gasteiger charge is -2.13. The van der Waals surface area contributed by atoms with Crippen LogP contribution in [-0.2, 0) is 16.6 Å². The van der Waals surface area contributed by atoms with Gasteiger partial charge in [-0.2, -0.15) is 0 Å². The van der Waals surface area contributed by atoms with Crippen LogP contribution >= 0.6 is 22.7 Å². The van der Waals surface area contributed by atoms with E-state index >= 15 is 0 Å². The molecule has 19 heavy (non-hydrogen) atoms. The molecule has 0 bridgehead atoms. The lowest BCUT2D eigenvalue weighted by Crippen LogP contribution is -2.15. The van der Waals surface area contributed by atoms with Gasteiger partial charge < -0.3 is 5.32 Å². The highest BCUT2D eigenvalue weighted by molar-refractivity contribution is 7.14. The van der Waals surface area contributed by atoms with E-state index in [1.54, 1.807) is 16.8 Å². The van der Waals surface area contributed by atoms with E-state index in [2.05, 4.69) is 36.1 Å². The number of carbonyl (C=O) groups is 1. The zero-order valence-corrected chi connectivity index (χ0v) is 13.1. The maximum absolute atomic E-state index is 11.9. The van der Waals surface area contributed by atoms with Crippen LogP contribution in [0.25, 0.3) is 0 Å². The summed E-state index contributed by atoms with van der Waals surface area (Å²) in [4.78, 5) is 20.5. The zero-order valence-electron chi connectivity index (χ0n) is 11.5. The summed E-state index contributed by atoms with van der Waals surface area (Å²) in [6.07, 6.45) is 0.309. The Morgan fingerprint density at radius 1 is 1.37 bits per heavy atom. The van der Waals surface area contributed by atoms with Gasteiger partial charge >= 0.3 is 0 Å². The van der Waals surface area contributed by atoms with Crippen molar-refractivity contribution in [1.82, 2.24) is 9.97 Å². The third-order valence-electron chi connectivity index (χ3n) is 2.53. The van der Waals surface area contributed by atoms with Gasteiger partial charge in [-0.15, -0.1) is 22.7 Å². The molecule has 2 heterocycles. The van der Waals surface area contributed by atoms with Gasteiger partial charge in [-0.1, -0.05) is 20.8 Å². The zero-order chi connectivity index (χ0) is 14.0. The Hall–Kier alpha value is -1.27. The fraction of sp³-hybridized carbons (Fsp3) is 0.462. The second kappa shape index (κ2) is 5.38. The molecular weight excluding hydrogens is 278 g/mol. The first-order chi connectivity index (χ1) is 8.86. The highest BCUT2D eigenvalue weighted by Crippen LogP contribution is 2.26.